The molecular formula is C17H13F7N2O. The summed E-state index contributed by atoms with van der Waals surface area (Å²) < 4.78 is 90.1. The number of hydrogen-bond acceptors (Lipinski definition) is 1. The third-order valence-corrected chi connectivity index (χ3v) is 3.51. The Morgan fingerprint density at radius 2 is 1.59 bits per heavy atom. The fourth-order valence-corrected chi connectivity index (χ4v) is 2.27. The number of carbonyl (C=O) groups excluding carboxylic acids is 1. The van der Waals surface area contributed by atoms with Gasteiger partial charge in [0.1, 0.15) is 5.82 Å². The lowest BCUT2D eigenvalue weighted by atomic mass is 10.1. The van der Waals surface area contributed by atoms with Crippen LogP contribution in [0.25, 0.3) is 0 Å². The van der Waals surface area contributed by atoms with E-state index in [9.17, 15) is 35.5 Å². The number of hydrogen-bond donors (Lipinski definition) is 2. The zero-order valence-corrected chi connectivity index (χ0v) is 13.5. The molecule has 0 aliphatic carbocycles. The van der Waals surface area contributed by atoms with E-state index >= 15 is 0 Å². The molecule has 0 unspecified atom stereocenters. The molecule has 146 valence electrons. The molecule has 0 spiro atoms. The van der Waals surface area contributed by atoms with Crippen molar-refractivity contribution in [1.82, 2.24) is 5.32 Å². The number of halogens is 7. The van der Waals surface area contributed by atoms with Crippen molar-refractivity contribution in [2.75, 3.05) is 11.9 Å². The van der Waals surface area contributed by atoms with Gasteiger partial charge in [-0.3, -0.25) is 0 Å². The molecule has 2 N–H and O–H groups in total. The van der Waals surface area contributed by atoms with E-state index in [1.165, 1.54) is 12.1 Å². The largest absolute Gasteiger partial charge is 0.418 e. The summed E-state index contributed by atoms with van der Waals surface area (Å²) in [7, 11) is 0. The van der Waals surface area contributed by atoms with Crippen LogP contribution in [0, 0.1) is 5.82 Å². The van der Waals surface area contributed by atoms with Gasteiger partial charge in [0.15, 0.2) is 0 Å². The molecule has 0 atom stereocenters. The second-order valence-electron chi connectivity index (χ2n) is 5.49. The predicted octanol–water partition coefficient (Wildman–Crippen LogP) is 5.23. The van der Waals surface area contributed by atoms with Gasteiger partial charge < -0.3 is 10.6 Å². The van der Waals surface area contributed by atoms with Crippen LogP contribution in [0.1, 0.15) is 16.7 Å². The van der Waals surface area contributed by atoms with Crippen molar-refractivity contribution in [1.29, 1.82) is 0 Å². The van der Waals surface area contributed by atoms with Gasteiger partial charge in [-0.15, -0.1) is 0 Å². The maximum Gasteiger partial charge on any atom is 0.418 e. The second-order valence-corrected chi connectivity index (χ2v) is 5.49. The van der Waals surface area contributed by atoms with Crippen LogP contribution in [0.4, 0.5) is 41.2 Å². The Morgan fingerprint density at radius 1 is 0.926 bits per heavy atom. The molecule has 0 aliphatic heterocycles. The first-order valence-electron chi connectivity index (χ1n) is 7.55. The lowest BCUT2D eigenvalue weighted by Gasteiger charge is -2.15. The summed E-state index contributed by atoms with van der Waals surface area (Å²) in [6.45, 7) is -0.164. The number of alkyl halides is 6. The van der Waals surface area contributed by atoms with Gasteiger partial charge in [0.2, 0.25) is 0 Å². The Kier molecular flexibility index (Phi) is 5.97. The number of carbonyl (C=O) groups is 1. The van der Waals surface area contributed by atoms with Crippen molar-refractivity contribution in [3.63, 3.8) is 0 Å². The number of rotatable bonds is 4. The van der Waals surface area contributed by atoms with Crippen molar-refractivity contribution in [2.45, 2.75) is 18.8 Å². The van der Waals surface area contributed by atoms with Crippen LogP contribution < -0.4 is 10.6 Å². The van der Waals surface area contributed by atoms with E-state index in [1.54, 1.807) is 5.32 Å². The van der Waals surface area contributed by atoms with Gasteiger partial charge in [0, 0.05) is 6.54 Å². The van der Waals surface area contributed by atoms with E-state index in [0.29, 0.717) is 6.07 Å². The smallest absolute Gasteiger partial charge is 0.338 e. The molecule has 0 radical (unpaired) electrons. The number of urea groups is 1. The molecule has 10 heteroatoms. The molecule has 0 aromatic heterocycles. The van der Waals surface area contributed by atoms with Gasteiger partial charge >= 0.3 is 18.4 Å². The quantitative estimate of drug-likeness (QED) is 0.686. The number of nitrogens with one attached hydrogen (secondary N) is 2. The van der Waals surface area contributed by atoms with Gasteiger partial charge in [0.25, 0.3) is 0 Å². The van der Waals surface area contributed by atoms with Gasteiger partial charge in [0.05, 0.1) is 16.8 Å². The fraction of sp³-hybridized carbons (Fsp3) is 0.235. The van der Waals surface area contributed by atoms with Crippen LogP contribution in [0.3, 0.4) is 0 Å². The van der Waals surface area contributed by atoms with Crippen LogP contribution in [0.2, 0.25) is 0 Å². The van der Waals surface area contributed by atoms with Gasteiger partial charge in [-0.25, -0.2) is 9.18 Å². The molecule has 2 amide bonds. The highest BCUT2D eigenvalue weighted by Crippen LogP contribution is 2.36. The Bertz CT molecular complexity index is 816. The maximum atomic E-state index is 13.6. The van der Waals surface area contributed by atoms with Crippen LogP contribution >= 0.6 is 0 Å². The zero-order valence-electron chi connectivity index (χ0n) is 13.5. The Labute approximate surface area is 149 Å². The number of benzene rings is 2. The van der Waals surface area contributed by atoms with Crippen molar-refractivity contribution in [3.8, 4) is 0 Å². The van der Waals surface area contributed by atoms with Crippen molar-refractivity contribution < 1.29 is 35.5 Å². The number of amides is 2. The molecule has 0 saturated heterocycles. The first kappa shape index (κ1) is 20.5. The normalized spacial score (nSPS) is 12.0. The zero-order chi connectivity index (χ0) is 20.2. The van der Waals surface area contributed by atoms with Crippen LogP contribution in [0.15, 0.2) is 42.5 Å². The molecule has 2 aromatic rings. The summed E-state index contributed by atoms with van der Waals surface area (Å²) in [6, 6.07) is 5.51. The monoisotopic (exact) mass is 394 g/mol. The van der Waals surface area contributed by atoms with E-state index in [-0.39, 0.29) is 18.5 Å². The molecule has 0 aliphatic rings. The highest BCUT2D eigenvalue weighted by molar-refractivity contribution is 5.90. The van der Waals surface area contributed by atoms with Crippen molar-refractivity contribution in [2.24, 2.45) is 0 Å². The predicted molar refractivity (Wildman–Crippen MR) is 83.6 cm³/mol. The minimum atomic E-state index is -4.87. The van der Waals surface area contributed by atoms with Crippen LogP contribution in [0.5, 0.6) is 0 Å². The molecule has 0 bridgehead atoms. The minimum Gasteiger partial charge on any atom is -0.338 e. The topological polar surface area (TPSA) is 41.1 Å². The average Bonchev–Trinajstić information content (AvgIpc) is 2.55. The molecule has 0 saturated carbocycles. The van der Waals surface area contributed by atoms with Gasteiger partial charge in [-0.1, -0.05) is 24.3 Å². The Morgan fingerprint density at radius 3 is 2.22 bits per heavy atom. The molecule has 2 aromatic carbocycles. The molecule has 2 rings (SSSR count). The Balaban J connectivity index is 1.99. The summed E-state index contributed by atoms with van der Waals surface area (Å²) in [5.41, 5.74) is -2.96. The van der Waals surface area contributed by atoms with E-state index in [2.05, 4.69) is 5.32 Å². The molecular weight excluding hydrogens is 381 g/mol. The van der Waals surface area contributed by atoms with Crippen LogP contribution in [-0.2, 0) is 18.8 Å². The van der Waals surface area contributed by atoms with E-state index in [4.69, 9.17) is 0 Å². The first-order chi connectivity index (χ1) is 12.5. The van der Waals surface area contributed by atoms with Crippen LogP contribution in [-0.4, -0.2) is 12.6 Å². The average molecular weight is 394 g/mol. The molecule has 27 heavy (non-hydrogen) atoms. The maximum absolute atomic E-state index is 13.6. The number of anilines is 1. The van der Waals surface area contributed by atoms with E-state index in [0.717, 1.165) is 24.3 Å². The summed E-state index contributed by atoms with van der Waals surface area (Å²) in [5.74, 6) is -1.27. The number of para-hydroxylation sites is 1. The van der Waals surface area contributed by atoms with E-state index < -0.39 is 41.0 Å². The standard InChI is InChI=1S/C17H13F7N2O/c18-13-6-2-5-12(17(22,23)24)14(13)26-15(27)25-8-7-10-3-1-4-11(9-10)16(19,20)21/h1-6,9H,7-8H2,(H2,25,26,27). The molecule has 3 nitrogen and oxygen atoms in total. The summed E-state index contributed by atoms with van der Waals surface area (Å²) in [6.07, 6.45) is -9.39. The second kappa shape index (κ2) is 7.85. The molecule has 0 fully saturated rings. The van der Waals surface area contributed by atoms with Gasteiger partial charge in [-0.2, -0.15) is 26.3 Å². The SMILES string of the molecule is O=C(NCCc1cccc(C(F)(F)F)c1)Nc1c(F)cccc1C(F)(F)F. The highest BCUT2D eigenvalue weighted by atomic mass is 19.4. The summed E-state index contributed by atoms with van der Waals surface area (Å²) in [5, 5.41) is 3.96. The van der Waals surface area contributed by atoms with Crippen molar-refractivity contribution in [3.05, 3.63) is 65.0 Å². The first-order valence-corrected chi connectivity index (χ1v) is 7.55. The van der Waals surface area contributed by atoms with Crippen molar-refractivity contribution >= 4 is 11.7 Å². The third-order valence-electron chi connectivity index (χ3n) is 3.51. The minimum absolute atomic E-state index is 0.000734. The fourth-order valence-electron chi connectivity index (χ4n) is 2.27. The van der Waals surface area contributed by atoms with E-state index in [1.807, 2.05) is 0 Å². The third kappa shape index (κ3) is 5.60. The highest BCUT2D eigenvalue weighted by Gasteiger charge is 2.35. The lowest BCUT2D eigenvalue weighted by molar-refractivity contribution is -0.138. The lowest BCUT2D eigenvalue weighted by Crippen LogP contribution is -2.31. The van der Waals surface area contributed by atoms with Gasteiger partial charge in [-0.05, 0) is 30.2 Å². The Hall–Kier alpha value is -2.78. The summed E-state index contributed by atoms with van der Waals surface area (Å²) >= 11 is 0. The summed E-state index contributed by atoms with van der Waals surface area (Å²) in [4.78, 5) is 11.7. The molecule has 0 heterocycles.